The molecular formula is C31H29N4O2P2+. The van der Waals surface area contributed by atoms with Crippen LogP contribution in [0.1, 0.15) is 0 Å². The summed E-state index contributed by atoms with van der Waals surface area (Å²) in [5, 5.41) is 7.74. The zero-order valence-electron chi connectivity index (χ0n) is 21.7. The highest BCUT2D eigenvalue weighted by Crippen LogP contribution is 2.69. The van der Waals surface area contributed by atoms with Crippen LogP contribution in [0.3, 0.4) is 0 Å². The van der Waals surface area contributed by atoms with Crippen molar-refractivity contribution in [2.75, 3.05) is 14.1 Å². The first kappa shape index (κ1) is 25.6. The van der Waals surface area contributed by atoms with E-state index in [-0.39, 0.29) is 10.4 Å². The Hall–Kier alpha value is -3.69. The number of rotatable bonds is 6. The van der Waals surface area contributed by atoms with E-state index in [0.29, 0.717) is 0 Å². The van der Waals surface area contributed by atoms with Crippen molar-refractivity contribution in [3.63, 3.8) is 0 Å². The predicted octanol–water partition coefficient (Wildman–Crippen LogP) is 3.56. The molecule has 6 nitrogen and oxygen atoms in total. The van der Waals surface area contributed by atoms with Crippen LogP contribution in [0.25, 0.3) is 0 Å². The van der Waals surface area contributed by atoms with Gasteiger partial charge in [-0.2, -0.15) is 0 Å². The number of benzene rings is 4. The number of nitrogens with zero attached hydrogens (tertiary/aromatic N) is 2. The minimum absolute atomic E-state index is 0.208. The smallest absolute Gasteiger partial charge is 0.278 e. The van der Waals surface area contributed by atoms with Crippen molar-refractivity contribution in [2.24, 2.45) is 4.99 Å². The van der Waals surface area contributed by atoms with E-state index in [9.17, 15) is 9.59 Å². The molecule has 8 heteroatoms. The lowest BCUT2D eigenvalue weighted by molar-refractivity contribution is -0.831. The van der Waals surface area contributed by atoms with Crippen LogP contribution in [0.2, 0.25) is 0 Å². The lowest BCUT2D eigenvalue weighted by atomic mass is 10.1. The van der Waals surface area contributed by atoms with Gasteiger partial charge in [0.25, 0.3) is 5.91 Å². The molecule has 2 atom stereocenters. The third-order valence-electron chi connectivity index (χ3n) is 7.39. The van der Waals surface area contributed by atoms with Gasteiger partial charge in [0.1, 0.15) is 0 Å². The maximum Gasteiger partial charge on any atom is 0.326 e. The first-order valence-electron chi connectivity index (χ1n) is 12.8. The van der Waals surface area contributed by atoms with Crippen LogP contribution in [0, 0.1) is 0 Å². The van der Waals surface area contributed by atoms with Crippen molar-refractivity contribution in [1.82, 2.24) is 10.6 Å². The number of aliphatic imine (C=N–C) groups is 1. The SMILES string of the molecule is C[N+]1(C)C=NC2(P(c3ccccc3)c3ccccc3)C(=O)NC(=O)NC21P(c1ccccc1)c1ccccc1. The molecule has 4 aromatic carbocycles. The fraction of sp³-hybridized carbons (Fsp3) is 0.129. The molecule has 1 saturated heterocycles. The van der Waals surface area contributed by atoms with Crippen molar-refractivity contribution in [3.05, 3.63) is 121 Å². The number of hydrogen-bond donors (Lipinski definition) is 2. The molecule has 2 N–H and O–H groups in total. The molecule has 0 spiro atoms. The Labute approximate surface area is 230 Å². The van der Waals surface area contributed by atoms with Crippen LogP contribution >= 0.6 is 15.8 Å². The molecule has 3 amide bonds. The van der Waals surface area contributed by atoms with Gasteiger partial charge in [0.15, 0.2) is 6.34 Å². The van der Waals surface area contributed by atoms with Gasteiger partial charge in [-0.3, -0.25) is 19.9 Å². The van der Waals surface area contributed by atoms with Crippen molar-refractivity contribution in [1.29, 1.82) is 0 Å². The summed E-state index contributed by atoms with van der Waals surface area (Å²) in [6.07, 6.45) is 1.85. The van der Waals surface area contributed by atoms with Crippen LogP contribution in [0.15, 0.2) is 126 Å². The second-order valence-electron chi connectivity index (χ2n) is 10.1. The van der Waals surface area contributed by atoms with Gasteiger partial charge < -0.3 is 0 Å². The summed E-state index contributed by atoms with van der Waals surface area (Å²) in [6, 6.07) is 40.2. The average molecular weight is 552 g/mol. The number of hydrogen-bond acceptors (Lipinski definition) is 3. The Bertz CT molecular complexity index is 1460. The fourth-order valence-electron chi connectivity index (χ4n) is 5.77. The molecule has 0 radical (unpaired) electrons. The number of imide groups is 1. The molecule has 2 unspecified atom stereocenters. The van der Waals surface area contributed by atoms with E-state index < -0.39 is 32.6 Å². The maximum atomic E-state index is 14.6. The Balaban J connectivity index is 1.74. The van der Waals surface area contributed by atoms with E-state index in [1.54, 1.807) is 0 Å². The Morgan fingerprint density at radius 2 is 1.00 bits per heavy atom. The zero-order chi connectivity index (χ0) is 27.1. The molecule has 2 aliphatic rings. The second kappa shape index (κ2) is 9.81. The van der Waals surface area contributed by atoms with E-state index in [0.717, 1.165) is 21.2 Å². The number of amides is 3. The molecule has 1 fully saturated rings. The number of urea groups is 1. The van der Waals surface area contributed by atoms with Crippen LogP contribution < -0.4 is 31.9 Å². The minimum atomic E-state index is -1.43. The number of likely N-dealkylation sites (N-methyl/N-ethyl adjacent to an activating group) is 1. The highest BCUT2D eigenvalue weighted by Gasteiger charge is 2.79. The van der Waals surface area contributed by atoms with Gasteiger partial charge in [-0.25, -0.2) is 9.79 Å². The maximum absolute atomic E-state index is 14.6. The fourth-order valence-corrected chi connectivity index (χ4v) is 12.6. The minimum Gasteiger partial charge on any atom is -0.278 e. The number of nitrogens with one attached hydrogen (secondary N) is 2. The normalized spacial score (nSPS) is 23.4. The van der Waals surface area contributed by atoms with E-state index in [2.05, 4.69) is 59.2 Å². The van der Waals surface area contributed by atoms with E-state index >= 15 is 0 Å². The monoisotopic (exact) mass is 551 g/mol. The van der Waals surface area contributed by atoms with Gasteiger partial charge in [0.05, 0.1) is 14.1 Å². The molecule has 4 aromatic rings. The van der Waals surface area contributed by atoms with E-state index in [4.69, 9.17) is 4.99 Å². The van der Waals surface area contributed by atoms with Crippen molar-refractivity contribution >= 4 is 55.3 Å². The highest BCUT2D eigenvalue weighted by atomic mass is 31.1. The molecule has 39 heavy (non-hydrogen) atoms. The van der Waals surface area contributed by atoms with Crippen molar-refractivity contribution < 1.29 is 14.1 Å². The summed E-state index contributed by atoms with van der Waals surface area (Å²) in [7, 11) is 1.28. The Morgan fingerprint density at radius 1 is 0.615 bits per heavy atom. The summed E-state index contributed by atoms with van der Waals surface area (Å²) >= 11 is 0. The van der Waals surface area contributed by atoms with E-state index in [1.165, 1.54) is 0 Å². The van der Waals surface area contributed by atoms with Crippen molar-refractivity contribution in [2.45, 2.75) is 10.7 Å². The molecule has 194 valence electrons. The predicted molar refractivity (Wildman–Crippen MR) is 161 cm³/mol. The lowest BCUT2D eigenvalue weighted by Crippen LogP contribution is -2.82. The number of fused-ring (bicyclic) bond motifs is 1. The van der Waals surface area contributed by atoms with Crippen LogP contribution in [0.4, 0.5) is 4.79 Å². The summed E-state index contributed by atoms with van der Waals surface area (Å²) in [6.45, 7) is 0. The van der Waals surface area contributed by atoms with Crippen LogP contribution in [-0.4, -0.2) is 47.5 Å². The van der Waals surface area contributed by atoms with Crippen molar-refractivity contribution in [3.8, 4) is 0 Å². The molecule has 0 aromatic heterocycles. The first-order chi connectivity index (χ1) is 18.9. The number of carbonyl (C=O) groups is 2. The van der Waals surface area contributed by atoms with E-state index in [1.807, 2.05) is 93.2 Å². The summed E-state index contributed by atoms with van der Waals surface area (Å²) in [5.74, 6) is -0.371. The summed E-state index contributed by atoms with van der Waals surface area (Å²) in [4.78, 5) is 33.2. The highest BCUT2D eigenvalue weighted by molar-refractivity contribution is 7.79. The quantitative estimate of drug-likeness (QED) is 0.284. The topological polar surface area (TPSA) is 70.6 Å². The number of quaternary nitrogens is 1. The third-order valence-corrected chi connectivity index (χ3v) is 13.7. The van der Waals surface area contributed by atoms with Gasteiger partial charge in [0, 0.05) is 15.8 Å². The van der Waals surface area contributed by atoms with Crippen LogP contribution in [-0.2, 0) is 4.79 Å². The average Bonchev–Trinajstić information content (AvgIpc) is 3.19. The summed E-state index contributed by atoms with van der Waals surface area (Å²) < 4.78 is 0.208. The molecule has 2 heterocycles. The van der Waals surface area contributed by atoms with Gasteiger partial charge >= 0.3 is 6.03 Å². The molecule has 0 bridgehead atoms. The molecule has 6 rings (SSSR count). The molecule has 0 aliphatic carbocycles. The molecule has 2 aliphatic heterocycles. The zero-order valence-corrected chi connectivity index (χ0v) is 23.5. The Morgan fingerprint density at radius 3 is 1.41 bits per heavy atom. The first-order valence-corrected chi connectivity index (χ1v) is 15.4. The largest absolute Gasteiger partial charge is 0.326 e. The van der Waals surface area contributed by atoms with Gasteiger partial charge in [-0.05, 0) is 21.2 Å². The lowest BCUT2D eigenvalue weighted by Gasteiger charge is -2.56. The molecule has 0 saturated carbocycles. The Kier molecular flexibility index (Phi) is 6.43. The van der Waals surface area contributed by atoms with Crippen LogP contribution in [0.5, 0.6) is 0 Å². The van der Waals surface area contributed by atoms with Gasteiger partial charge in [-0.1, -0.05) is 121 Å². The van der Waals surface area contributed by atoms with Gasteiger partial charge in [-0.15, -0.1) is 0 Å². The standard InChI is InChI=1S/C31H28N4O2P2/c1-35(2)23-32-30(38(24-15-7-3-8-16-24)25-17-9-4-10-18-25)28(36)33-29(37)34-31(30,35)39(26-19-11-5-12-20-26)27-21-13-6-14-22-27/h3-23H,1-2H3,(H-,33,34,36,37)/p+1. The summed E-state index contributed by atoms with van der Waals surface area (Å²) in [5.41, 5.74) is 0. The second-order valence-corrected chi connectivity index (χ2v) is 14.8. The molecular weight excluding hydrogens is 522 g/mol. The third kappa shape index (κ3) is 3.86. The number of carbonyl (C=O) groups excluding carboxylic acids is 2. The van der Waals surface area contributed by atoms with Gasteiger partial charge in [0.2, 0.25) is 10.7 Å².